The minimum Gasteiger partial charge on any atom is -0.507 e. The molecule has 1 aliphatic heterocycles. The van der Waals surface area contributed by atoms with E-state index < -0.39 is 0 Å². The van der Waals surface area contributed by atoms with E-state index in [2.05, 4.69) is 18.8 Å². The largest absolute Gasteiger partial charge is 0.507 e. The SMILES string of the molecule is CC(C)c1cc(C(=O)N2CCCC(c3nccn3C)C2)c(O)c(C(C)C)c1. The number of phenols is 1. The number of aryl methyl sites for hydroxylation is 1. The molecule has 1 aromatic heterocycles. The lowest BCUT2D eigenvalue weighted by Crippen LogP contribution is -2.39. The summed E-state index contributed by atoms with van der Waals surface area (Å²) in [7, 11) is 2.00. The highest BCUT2D eigenvalue weighted by molar-refractivity contribution is 5.97. The highest BCUT2D eigenvalue weighted by atomic mass is 16.3. The van der Waals surface area contributed by atoms with Gasteiger partial charge < -0.3 is 14.6 Å². The van der Waals surface area contributed by atoms with Crippen molar-refractivity contribution in [2.45, 2.75) is 58.3 Å². The average molecular weight is 370 g/mol. The molecular weight excluding hydrogens is 338 g/mol. The van der Waals surface area contributed by atoms with Gasteiger partial charge in [0.2, 0.25) is 0 Å². The second-order valence-corrected chi connectivity index (χ2v) is 8.30. The standard InChI is InChI=1S/C22H31N3O2/c1-14(2)17-11-18(15(3)4)20(26)19(12-17)22(27)25-9-6-7-16(13-25)21-23-8-10-24(21)5/h8,10-12,14-16,26H,6-7,9,13H2,1-5H3. The fourth-order valence-corrected chi connectivity index (χ4v) is 3.93. The molecule has 1 N–H and O–H groups in total. The van der Waals surface area contributed by atoms with E-state index in [1.54, 1.807) is 0 Å². The predicted octanol–water partition coefficient (Wildman–Crippen LogP) is 4.39. The van der Waals surface area contributed by atoms with E-state index in [0.29, 0.717) is 18.0 Å². The molecule has 5 nitrogen and oxygen atoms in total. The Bertz CT molecular complexity index is 823. The van der Waals surface area contributed by atoms with Gasteiger partial charge in [-0.25, -0.2) is 4.98 Å². The lowest BCUT2D eigenvalue weighted by molar-refractivity contribution is 0.0700. The average Bonchev–Trinajstić information content (AvgIpc) is 3.07. The minimum absolute atomic E-state index is 0.0733. The number of aromatic hydroxyl groups is 1. The second-order valence-electron chi connectivity index (χ2n) is 8.30. The number of nitrogens with zero attached hydrogens (tertiary/aromatic N) is 3. The van der Waals surface area contributed by atoms with Crippen LogP contribution in [-0.2, 0) is 7.05 Å². The Kier molecular flexibility index (Phi) is 5.59. The molecule has 1 amide bonds. The number of imidazole rings is 1. The van der Waals surface area contributed by atoms with Crippen molar-refractivity contribution in [2.24, 2.45) is 7.05 Å². The van der Waals surface area contributed by atoms with Crippen molar-refractivity contribution in [3.05, 3.63) is 47.0 Å². The number of likely N-dealkylation sites (tertiary alicyclic amines) is 1. The van der Waals surface area contributed by atoms with Gasteiger partial charge in [0.05, 0.1) is 5.56 Å². The molecule has 0 bridgehead atoms. The molecule has 1 atom stereocenters. The molecule has 1 fully saturated rings. The highest BCUT2D eigenvalue weighted by Crippen LogP contribution is 2.35. The predicted molar refractivity (Wildman–Crippen MR) is 107 cm³/mol. The zero-order valence-corrected chi connectivity index (χ0v) is 17.1. The van der Waals surface area contributed by atoms with Crippen molar-refractivity contribution >= 4 is 5.91 Å². The van der Waals surface area contributed by atoms with Crippen molar-refractivity contribution in [3.63, 3.8) is 0 Å². The molecule has 146 valence electrons. The number of piperidine rings is 1. The molecule has 0 spiro atoms. The van der Waals surface area contributed by atoms with Gasteiger partial charge in [-0.15, -0.1) is 0 Å². The lowest BCUT2D eigenvalue weighted by Gasteiger charge is -2.33. The Hall–Kier alpha value is -2.30. The third kappa shape index (κ3) is 3.87. The van der Waals surface area contributed by atoms with Crippen LogP contribution in [0.1, 0.15) is 85.6 Å². The topological polar surface area (TPSA) is 58.4 Å². The first-order valence-electron chi connectivity index (χ1n) is 9.92. The smallest absolute Gasteiger partial charge is 0.257 e. The zero-order valence-electron chi connectivity index (χ0n) is 17.1. The summed E-state index contributed by atoms with van der Waals surface area (Å²) >= 11 is 0. The minimum atomic E-state index is -0.0733. The van der Waals surface area contributed by atoms with Gasteiger partial charge in [0.1, 0.15) is 11.6 Å². The highest BCUT2D eigenvalue weighted by Gasteiger charge is 2.30. The first-order chi connectivity index (χ1) is 12.8. The van der Waals surface area contributed by atoms with Crippen LogP contribution >= 0.6 is 0 Å². The fraction of sp³-hybridized carbons (Fsp3) is 0.545. The summed E-state index contributed by atoms with van der Waals surface area (Å²) in [6.45, 7) is 9.69. The van der Waals surface area contributed by atoms with Crippen LogP contribution < -0.4 is 0 Å². The third-order valence-electron chi connectivity index (χ3n) is 5.61. The molecule has 1 aromatic carbocycles. The van der Waals surface area contributed by atoms with Crippen molar-refractivity contribution in [1.29, 1.82) is 0 Å². The van der Waals surface area contributed by atoms with Crippen LogP contribution in [0.5, 0.6) is 5.75 Å². The molecule has 2 heterocycles. The quantitative estimate of drug-likeness (QED) is 0.869. The number of hydrogen-bond donors (Lipinski definition) is 1. The maximum atomic E-state index is 13.3. The lowest BCUT2D eigenvalue weighted by atomic mass is 9.90. The number of phenolic OH excluding ortho intramolecular Hbond substituents is 1. The van der Waals surface area contributed by atoms with Crippen molar-refractivity contribution in [1.82, 2.24) is 14.5 Å². The number of benzene rings is 1. The van der Waals surface area contributed by atoms with Crippen LogP contribution in [0.25, 0.3) is 0 Å². The van der Waals surface area contributed by atoms with Crippen molar-refractivity contribution < 1.29 is 9.90 Å². The number of hydrogen-bond acceptors (Lipinski definition) is 3. The summed E-state index contributed by atoms with van der Waals surface area (Å²) in [6.07, 6.45) is 5.74. The molecular formula is C22H31N3O2. The Morgan fingerprint density at radius 2 is 1.96 bits per heavy atom. The summed E-state index contributed by atoms with van der Waals surface area (Å²) in [4.78, 5) is 19.7. The van der Waals surface area contributed by atoms with E-state index in [9.17, 15) is 9.90 Å². The zero-order chi connectivity index (χ0) is 19.7. The molecule has 0 radical (unpaired) electrons. The van der Waals surface area contributed by atoms with Gasteiger partial charge in [0.15, 0.2) is 0 Å². The van der Waals surface area contributed by atoms with Crippen LogP contribution in [-0.4, -0.2) is 38.6 Å². The Labute approximate surface area is 162 Å². The third-order valence-corrected chi connectivity index (χ3v) is 5.61. The number of carbonyl (C=O) groups excluding carboxylic acids is 1. The first kappa shape index (κ1) is 19.5. The monoisotopic (exact) mass is 369 g/mol. The number of rotatable bonds is 4. The molecule has 1 aliphatic rings. The fourth-order valence-electron chi connectivity index (χ4n) is 3.93. The summed E-state index contributed by atoms with van der Waals surface area (Å²) in [6, 6.07) is 3.91. The van der Waals surface area contributed by atoms with Crippen LogP contribution in [0.3, 0.4) is 0 Å². The van der Waals surface area contributed by atoms with Gasteiger partial charge >= 0.3 is 0 Å². The summed E-state index contributed by atoms with van der Waals surface area (Å²) in [5.41, 5.74) is 2.38. The van der Waals surface area contributed by atoms with Crippen LogP contribution in [0.2, 0.25) is 0 Å². The Morgan fingerprint density at radius 3 is 2.56 bits per heavy atom. The van der Waals surface area contributed by atoms with E-state index in [0.717, 1.165) is 36.3 Å². The summed E-state index contributed by atoms with van der Waals surface area (Å²) < 4.78 is 2.03. The van der Waals surface area contributed by atoms with E-state index in [-0.39, 0.29) is 23.5 Å². The van der Waals surface area contributed by atoms with Crippen molar-refractivity contribution in [3.8, 4) is 5.75 Å². The molecule has 0 aliphatic carbocycles. The van der Waals surface area contributed by atoms with Crippen LogP contribution in [0.15, 0.2) is 24.5 Å². The molecule has 1 saturated heterocycles. The maximum Gasteiger partial charge on any atom is 0.257 e. The van der Waals surface area contributed by atoms with E-state index in [1.807, 2.05) is 54.9 Å². The molecule has 0 saturated carbocycles. The van der Waals surface area contributed by atoms with Crippen LogP contribution in [0.4, 0.5) is 0 Å². The summed E-state index contributed by atoms with van der Waals surface area (Å²) in [5.74, 6) is 1.79. The number of aromatic nitrogens is 2. The molecule has 27 heavy (non-hydrogen) atoms. The maximum absolute atomic E-state index is 13.3. The molecule has 2 aromatic rings. The second kappa shape index (κ2) is 7.75. The van der Waals surface area contributed by atoms with Gasteiger partial charge in [-0.05, 0) is 41.9 Å². The number of amides is 1. The first-order valence-corrected chi connectivity index (χ1v) is 9.92. The Morgan fingerprint density at radius 1 is 1.22 bits per heavy atom. The van der Waals surface area contributed by atoms with E-state index >= 15 is 0 Å². The number of carbonyl (C=O) groups is 1. The van der Waals surface area contributed by atoms with Gasteiger partial charge in [0, 0.05) is 38.4 Å². The van der Waals surface area contributed by atoms with Crippen molar-refractivity contribution in [2.75, 3.05) is 13.1 Å². The molecule has 5 heteroatoms. The molecule has 1 unspecified atom stereocenters. The van der Waals surface area contributed by atoms with E-state index in [4.69, 9.17) is 0 Å². The Balaban J connectivity index is 1.92. The van der Waals surface area contributed by atoms with Crippen LogP contribution in [0, 0.1) is 0 Å². The van der Waals surface area contributed by atoms with Gasteiger partial charge in [-0.1, -0.05) is 33.8 Å². The van der Waals surface area contributed by atoms with E-state index in [1.165, 1.54) is 0 Å². The normalized spacial score (nSPS) is 17.7. The molecule has 3 rings (SSSR count). The van der Waals surface area contributed by atoms with Gasteiger partial charge in [-0.3, -0.25) is 4.79 Å². The summed E-state index contributed by atoms with van der Waals surface area (Å²) in [5, 5.41) is 10.8. The van der Waals surface area contributed by atoms with Gasteiger partial charge in [-0.2, -0.15) is 0 Å². The van der Waals surface area contributed by atoms with Gasteiger partial charge in [0.25, 0.3) is 5.91 Å².